The van der Waals surface area contributed by atoms with E-state index in [4.69, 9.17) is 11.6 Å². The first-order chi connectivity index (χ1) is 5.61. The highest BCUT2D eigenvalue weighted by molar-refractivity contribution is 6.64. The summed E-state index contributed by atoms with van der Waals surface area (Å²) in [5.41, 5.74) is -0.0602. The van der Waals surface area contributed by atoms with E-state index in [1.54, 1.807) is 0 Å². The number of halogens is 3. The fourth-order valence-corrected chi connectivity index (χ4v) is 0.921. The van der Waals surface area contributed by atoms with Crippen molar-refractivity contribution in [2.45, 2.75) is 6.17 Å². The van der Waals surface area contributed by atoms with Crippen LogP contribution in [0.25, 0.3) is 0 Å². The van der Waals surface area contributed by atoms with Crippen molar-refractivity contribution < 1.29 is 13.6 Å². The summed E-state index contributed by atoms with van der Waals surface area (Å²) in [5.74, 6) is -0.590. The molecule has 0 N–H and O–H groups in total. The lowest BCUT2D eigenvalue weighted by Gasteiger charge is -2.01. The third kappa shape index (κ3) is 2.01. The van der Waals surface area contributed by atoms with Gasteiger partial charge in [-0.15, -0.1) is 0 Å². The van der Waals surface area contributed by atoms with Crippen molar-refractivity contribution >= 4 is 16.8 Å². The molecule has 0 fully saturated rings. The molecular weight excluding hydrogens is 186 g/mol. The highest BCUT2D eigenvalue weighted by Gasteiger charge is 2.16. The summed E-state index contributed by atoms with van der Waals surface area (Å²) in [6.45, 7) is 0. The molecule has 0 aliphatic carbocycles. The van der Waals surface area contributed by atoms with E-state index in [1.165, 1.54) is 12.1 Å². The van der Waals surface area contributed by atoms with Crippen molar-refractivity contribution in [1.29, 1.82) is 0 Å². The van der Waals surface area contributed by atoms with Crippen LogP contribution in [0.1, 0.15) is 11.7 Å². The quantitative estimate of drug-likeness (QED) is 0.656. The molecule has 0 bridgehead atoms. The van der Waals surface area contributed by atoms with E-state index in [1.807, 2.05) is 0 Å². The van der Waals surface area contributed by atoms with Crippen molar-refractivity contribution in [2.75, 3.05) is 0 Å². The first-order valence-electron chi connectivity index (χ1n) is 3.20. The summed E-state index contributed by atoms with van der Waals surface area (Å²) in [7, 11) is 0. The summed E-state index contributed by atoms with van der Waals surface area (Å²) in [5, 5.41) is -1.14. The van der Waals surface area contributed by atoms with Crippen LogP contribution in [0.4, 0.5) is 8.78 Å². The zero-order valence-electron chi connectivity index (χ0n) is 5.93. The molecule has 1 atom stereocenters. The first-order valence-corrected chi connectivity index (χ1v) is 3.58. The molecule has 0 aliphatic rings. The van der Waals surface area contributed by atoms with Gasteiger partial charge in [0.05, 0.1) is 0 Å². The molecule has 0 aliphatic heterocycles. The van der Waals surface area contributed by atoms with Crippen LogP contribution in [0.5, 0.6) is 0 Å². The van der Waals surface area contributed by atoms with Gasteiger partial charge in [0.25, 0.3) is 5.24 Å². The minimum atomic E-state index is -1.94. The second-order valence-electron chi connectivity index (χ2n) is 2.22. The van der Waals surface area contributed by atoms with Gasteiger partial charge >= 0.3 is 0 Å². The normalized spacial score (nSPS) is 12.6. The number of benzene rings is 1. The van der Waals surface area contributed by atoms with Gasteiger partial charge < -0.3 is 0 Å². The number of carbonyl (C=O) groups excluding carboxylic acids is 1. The summed E-state index contributed by atoms with van der Waals surface area (Å²) >= 11 is 4.88. The summed E-state index contributed by atoms with van der Waals surface area (Å²) in [6, 6.07) is 4.71. The fraction of sp³-hybridized carbons (Fsp3) is 0.125. The highest BCUT2D eigenvalue weighted by Crippen LogP contribution is 2.20. The number of alkyl halides is 1. The standard InChI is InChI=1S/C8H5ClF2O/c9-8(12)7(11)5-2-1-3-6(10)4-5/h1-4,7H. The van der Waals surface area contributed by atoms with Crippen LogP contribution in [-0.4, -0.2) is 5.24 Å². The average Bonchev–Trinajstić information content (AvgIpc) is 2.03. The Morgan fingerprint density at radius 1 is 1.50 bits per heavy atom. The zero-order chi connectivity index (χ0) is 9.14. The van der Waals surface area contributed by atoms with Crippen molar-refractivity contribution in [2.24, 2.45) is 0 Å². The molecule has 64 valence electrons. The van der Waals surface area contributed by atoms with Gasteiger partial charge in [0.15, 0.2) is 6.17 Å². The van der Waals surface area contributed by atoms with E-state index < -0.39 is 17.2 Å². The highest BCUT2D eigenvalue weighted by atomic mass is 35.5. The van der Waals surface area contributed by atoms with Crippen LogP contribution in [0.2, 0.25) is 0 Å². The molecule has 1 aromatic carbocycles. The summed E-state index contributed by atoms with van der Waals surface area (Å²) in [6.07, 6.45) is -1.94. The van der Waals surface area contributed by atoms with Gasteiger partial charge in [0, 0.05) is 0 Å². The molecule has 0 heterocycles. The monoisotopic (exact) mass is 190 g/mol. The first kappa shape index (κ1) is 9.13. The Morgan fingerprint density at radius 2 is 2.17 bits per heavy atom. The fourth-order valence-electron chi connectivity index (χ4n) is 0.795. The maximum Gasteiger partial charge on any atom is 0.260 e. The lowest BCUT2D eigenvalue weighted by molar-refractivity contribution is -0.116. The van der Waals surface area contributed by atoms with Gasteiger partial charge in [-0.1, -0.05) is 12.1 Å². The number of rotatable bonds is 2. The molecule has 0 spiro atoms. The lowest BCUT2D eigenvalue weighted by Crippen LogP contribution is -1.99. The Bertz CT molecular complexity index is 301. The summed E-state index contributed by atoms with van der Waals surface area (Å²) in [4.78, 5) is 10.3. The lowest BCUT2D eigenvalue weighted by atomic mass is 10.1. The molecule has 0 saturated carbocycles. The topological polar surface area (TPSA) is 17.1 Å². The molecule has 4 heteroatoms. The minimum Gasteiger partial charge on any atom is -0.278 e. The van der Waals surface area contributed by atoms with Crippen LogP contribution in [0, 0.1) is 5.82 Å². The van der Waals surface area contributed by atoms with E-state index in [0.717, 1.165) is 12.1 Å². The molecule has 0 radical (unpaired) electrons. The van der Waals surface area contributed by atoms with E-state index in [9.17, 15) is 13.6 Å². The Morgan fingerprint density at radius 3 is 2.67 bits per heavy atom. The second kappa shape index (κ2) is 3.63. The van der Waals surface area contributed by atoms with Gasteiger partial charge in [-0.2, -0.15) is 0 Å². The molecule has 0 aromatic heterocycles. The predicted molar refractivity (Wildman–Crippen MR) is 41.1 cm³/mol. The minimum absolute atomic E-state index is 0.0602. The predicted octanol–water partition coefficient (Wildman–Crippen LogP) is 2.60. The van der Waals surface area contributed by atoms with Crippen molar-refractivity contribution in [3.8, 4) is 0 Å². The van der Waals surface area contributed by atoms with Gasteiger partial charge in [0.1, 0.15) is 5.82 Å². The molecule has 0 amide bonds. The molecule has 1 rings (SSSR count). The number of hydrogen-bond acceptors (Lipinski definition) is 1. The van der Waals surface area contributed by atoms with E-state index in [2.05, 4.69) is 0 Å². The molecule has 0 saturated heterocycles. The Labute approximate surface area is 73.0 Å². The largest absolute Gasteiger partial charge is 0.278 e. The van der Waals surface area contributed by atoms with Gasteiger partial charge in [-0.3, -0.25) is 4.79 Å². The van der Waals surface area contributed by atoms with Crippen LogP contribution < -0.4 is 0 Å². The van der Waals surface area contributed by atoms with Gasteiger partial charge in [0.2, 0.25) is 0 Å². The van der Waals surface area contributed by atoms with Crippen LogP contribution in [0.3, 0.4) is 0 Å². The number of carbonyl (C=O) groups is 1. The van der Waals surface area contributed by atoms with Crippen molar-refractivity contribution in [1.82, 2.24) is 0 Å². The summed E-state index contributed by atoms with van der Waals surface area (Å²) < 4.78 is 25.3. The Hall–Kier alpha value is -0.960. The molecule has 1 aromatic rings. The third-order valence-corrected chi connectivity index (χ3v) is 1.53. The maximum atomic E-state index is 12.8. The average molecular weight is 191 g/mol. The third-order valence-electron chi connectivity index (χ3n) is 1.34. The van der Waals surface area contributed by atoms with Crippen LogP contribution in [0.15, 0.2) is 24.3 Å². The van der Waals surface area contributed by atoms with E-state index in [-0.39, 0.29) is 5.56 Å². The molecule has 1 unspecified atom stereocenters. The van der Waals surface area contributed by atoms with Gasteiger partial charge in [-0.25, -0.2) is 8.78 Å². The van der Waals surface area contributed by atoms with E-state index >= 15 is 0 Å². The maximum absolute atomic E-state index is 12.8. The van der Waals surface area contributed by atoms with Crippen LogP contribution in [-0.2, 0) is 4.79 Å². The van der Waals surface area contributed by atoms with E-state index in [0.29, 0.717) is 0 Å². The Balaban J connectivity index is 2.95. The SMILES string of the molecule is O=C(Cl)C(F)c1cccc(F)c1. The Kier molecular flexibility index (Phi) is 2.76. The second-order valence-corrected chi connectivity index (χ2v) is 2.59. The molecule has 1 nitrogen and oxygen atoms in total. The molecular formula is C8H5ClF2O. The smallest absolute Gasteiger partial charge is 0.260 e. The van der Waals surface area contributed by atoms with Crippen molar-refractivity contribution in [3.05, 3.63) is 35.6 Å². The van der Waals surface area contributed by atoms with Gasteiger partial charge in [-0.05, 0) is 29.3 Å². The van der Waals surface area contributed by atoms with Crippen molar-refractivity contribution in [3.63, 3.8) is 0 Å². The zero-order valence-corrected chi connectivity index (χ0v) is 6.68. The van der Waals surface area contributed by atoms with Crippen LogP contribution >= 0.6 is 11.6 Å². The molecule has 12 heavy (non-hydrogen) atoms. The number of hydrogen-bond donors (Lipinski definition) is 0.